The van der Waals surface area contributed by atoms with Gasteiger partial charge in [-0.2, -0.15) is 0 Å². The molecule has 0 radical (unpaired) electrons. The molecular weight excluding hydrogens is 133 g/mol. The molecule has 44 valence electrons. The topological polar surface area (TPSA) is 12.0 Å². The van der Waals surface area contributed by atoms with E-state index in [1.54, 1.807) is 0 Å². The Kier molecular flexibility index (Phi) is 7.04. The average molecular weight is 142 g/mol. The predicted octanol–water partition coefficient (Wildman–Crippen LogP) is 1.75. The molecule has 0 fully saturated rings. The van der Waals surface area contributed by atoms with Crippen LogP contribution in [0.1, 0.15) is 12.8 Å². The molecule has 3 heteroatoms. The van der Waals surface area contributed by atoms with E-state index in [1.165, 1.54) is 0 Å². The normalized spacial score (nSPS) is 9.43. The maximum atomic E-state index is 5.37. The fraction of sp³-hybridized carbons (Fsp3) is 1.00. The van der Waals surface area contributed by atoms with Crippen molar-refractivity contribution in [2.24, 2.45) is 0 Å². The minimum atomic E-state index is 0.735. The van der Waals surface area contributed by atoms with E-state index in [0.29, 0.717) is 0 Å². The zero-order valence-electron chi connectivity index (χ0n) is 4.08. The highest BCUT2D eigenvalue weighted by atomic mass is 35.5. The summed E-state index contributed by atoms with van der Waals surface area (Å²) in [6.07, 6.45) is 2.11. The molecule has 0 bridgehead atoms. The SMILES string of the molecule is ClCCCCNCl. The van der Waals surface area contributed by atoms with Crippen molar-refractivity contribution in [3.63, 3.8) is 0 Å². The number of unbranched alkanes of at least 4 members (excludes halogenated alkanes) is 1. The second-order valence-electron chi connectivity index (χ2n) is 1.28. The number of rotatable bonds is 4. The van der Waals surface area contributed by atoms with Crippen LogP contribution in [0.4, 0.5) is 0 Å². The molecule has 1 N–H and O–H groups in total. The summed E-state index contributed by atoms with van der Waals surface area (Å²) in [7, 11) is 0. The Hall–Kier alpha value is 0.540. The minimum Gasteiger partial charge on any atom is -0.234 e. The lowest BCUT2D eigenvalue weighted by Crippen LogP contribution is -1.99. The van der Waals surface area contributed by atoms with Crippen LogP contribution in [-0.4, -0.2) is 12.4 Å². The van der Waals surface area contributed by atoms with Gasteiger partial charge in [0.2, 0.25) is 0 Å². The van der Waals surface area contributed by atoms with Gasteiger partial charge in [0.25, 0.3) is 0 Å². The number of hydrogen-bond donors (Lipinski definition) is 1. The summed E-state index contributed by atoms with van der Waals surface area (Å²) in [6.45, 7) is 0.855. The molecule has 0 aromatic heterocycles. The van der Waals surface area contributed by atoms with E-state index in [4.69, 9.17) is 23.4 Å². The molecule has 1 nitrogen and oxygen atoms in total. The smallest absolute Gasteiger partial charge is 0.0223 e. The third-order valence-corrected chi connectivity index (χ3v) is 1.11. The van der Waals surface area contributed by atoms with Gasteiger partial charge in [-0.05, 0) is 24.6 Å². The van der Waals surface area contributed by atoms with Crippen molar-refractivity contribution in [2.45, 2.75) is 12.8 Å². The average Bonchev–Trinajstić information content (AvgIpc) is 1.69. The standard InChI is InChI=1S/C4H9Cl2N/c5-3-1-2-4-7-6/h7H,1-4H2. The first-order chi connectivity index (χ1) is 3.41. The highest BCUT2D eigenvalue weighted by molar-refractivity contribution is 6.17. The van der Waals surface area contributed by atoms with Crippen LogP contribution >= 0.6 is 23.4 Å². The third kappa shape index (κ3) is 6.54. The first kappa shape index (κ1) is 7.54. The number of halogens is 2. The lowest BCUT2D eigenvalue weighted by atomic mass is 10.3. The van der Waals surface area contributed by atoms with Crippen LogP contribution in [0.3, 0.4) is 0 Å². The Bertz CT molecular complexity index is 28.9. The molecule has 0 amide bonds. The van der Waals surface area contributed by atoms with Gasteiger partial charge in [0.1, 0.15) is 0 Å². The van der Waals surface area contributed by atoms with Crippen LogP contribution in [0.25, 0.3) is 0 Å². The van der Waals surface area contributed by atoms with Crippen molar-refractivity contribution in [3.8, 4) is 0 Å². The Morgan fingerprint density at radius 1 is 1.29 bits per heavy atom. The molecule has 0 aliphatic rings. The molecule has 0 aromatic carbocycles. The highest BCUT2D eigenvalue weighted by Gasteiger charge is 1.81. The largest absolute Gasteiger partial charge is 0.234 e. The molecule has 0 saturated carbocycles. The van der Waals surface area contributed by atoms with Crippen LogP contribution in [0.15, 0.2) is 0 Å². The first-order valence-corrected chi connectivity index (χ1v) is 3.22. The lowest BCUT2D eigenvalue weighted by Gasteiger charge is -1.90. The van der Waals surface area contributed by atoms with Crippen LogP contribution < -0.4 is 4.84 Å². The molecule has 0 saturated heterocycles. The zero-order valence-corrected chi connectivity index (χ0v) is 5.60. The summed E-state index contributed by atoms with van der Waals surface area (Å²) in [5, 5.41) is 0. The summed E-state index contributed by atoms with van der Waals surface area (Å²) in [5.41, 5.74) is 0. The molecule has 0 aliphatic carbocycles. The van der Waals surface area contributed by atoms with Gasteiger partial charge in [0.15, 0.2) is 0 Å². The summed E-state index contributed by atoms with van der Waals surface area (Å²) in [5.74, 6) is 0.735. The van der Waals surface area contributed by atoms with Crippen molar-refractivity contribution in [3.05, 3.63) is 0 Å². The maximum Gasteiger partial charge on any atom is 0.0223 e. The van der Waals surface area contributed by atoms with Gasteiger partial charge in [-0.1, -0.05) is 0 Å². The van der Waals surface area contributed by atoms with Crippen LogP contribution in [0.2, 0.25) is 0 Å². The van der Waals surface area contributed by atoms with Crippen LogP contribution in [0, 0.1) is 0 Å². The maximum absolute atomic E-state index is 5.37. The molecule has 0 atom stereocenters. The fourth-order valence-corrected chi connectivity index (χ4v) is 0.609. The van der Waals surface area contributed by atoms with E-state index >= 15 is 0 Å². The minimum absolute atomic E-state index is 0.735. The quantitative estimate of drug-likeness (QED) is 0.358. The predicted molar refractivity (Wildman–Crippen MR) is 33.8 cm³/mol. The first-order valence-electron chi connectivity index (χ1n) is 2.31. The van der Waals surface area contributed by atoms with E-state index < -0.39 is 0 Å². The fourth-order valence-electron chi connectivity index (χ4n) is 0.286. The number of nitrogens with one attached hydrogen (secondary N) is 1. The summed E-state index contributed by atoms with van der Waals surface area (Å²) < 4.78 is 0. The molecule has 0 unspecified atom stereocenters. The van der Waals surface area contributed by atoms with E-state index in [0.717, 1.165) is 25.3 Å². The highest BCUT2D eigenvalue weighted by Crippen LogP contribution is 1.88. The molecule has 0 spiro atoms. The van der Waals surface area contributed by atoms with Gasteiger partial charge in [-0.25, -0.2) is 4.84 Å². The molecule has 0 aromatic rings. The number of hydrogen-bond acceptors (Lipinski definition) is 1. The Balaban J connectivity index is 2.45. The monoisotopic (exact) mass is 141 g/mol. The van der Waals surface area contributed by atoms with E-state index in [1.807, 2.05) is 0 Å². The van der Waals surface area contributed by atoms with E-state index in [-0.39, 0.29) is 0 Å². The van der Waals surface area contributed by atoms with E-state index in [9.17, 15) is 0 Å². The Labute approximate surface area is 54.1 Å². The van der Waals surface area contributed by atoms with E-state index in [2.05, 4.69) is 4.84 Å². The van der Waals surface area contributed by atoms with Crippen LogP contribution in [-0.2, 0) is 0 Å². The van der Waals surface area contributed by atoms with Crippen LogP contribution in [0.5, 0.6) is 0 Å². The summed E-state index contributed by atoms with van der Waals surface area (Å²) >= 11 is 10.5. The third-order valence-electron chi connectivity index (χ3n) is 0.655. The summed E-state index contributed by atoms with van der Waals surface area (Å²) in [6, 6.07) is 0. The van der Waals surface area contributed by atoms with Gasteiger partial charge in [0, 0.05) is 12.4 Å². The lowest BCUT2D eigenvalue weighted by molar-refractivity contribution is 0.775. The van der Waals surface area contributed by atoms with Gasteiger partial charge in [0.05, 0.1) is 0 Å². The molecule has 0 rings (SSSR count). The van der Waals surface area contributed by atoms with Gasteiger partial charge >= 0.3 is 0 Å². The zero-order chi connectivity index (χ0) is 5.54. The van der Waals surface area contributed by atoms with Crippen molar-refractivity contribution in [1.29, 1.82) is 0 Å². The molecule has 0 aliphatic heterocycles. The summed E-state index contributed by atoms with van der Waals surface area (Å²) in [4.78, 5) is 2.52. The van der Waals surface area contributed by atoms with Crippen molar-refractivity contribution in [1.82, 2.24) is 4.84 Å². The Morgan fingerprint density at radius 3 is 2.43 bits per heavy atom. The van der Waals surface area contributed by atoms with Crippen molar-refractivity contribution in [2.75, 3.05) is 12.4 Å². The molecular formula is C4H9Cl2N. The Morgan fingerprint density at radius 2 is 2.00 bits per heavy atom. The van der Waals surface area contributed by atoms with Gasteiger partial charge < -0.3 is 0 Å². The molecule has 0 heterocycles. The molecule has 7 heavy (non-hydrogen) atoms. The van der Waals surface area contributed by atoms with Gasteiger partial charge in [-0.15, -0.1) is 11.6 Å². The van der Waals surface area contributed by atoms with Crippen molar-refractivity contribution >= 4 is 23.4 Å². The second-order valence-corrected chi connectivity index (χ2v) is 1.92. The second kappa shape index (κ2) is 6.54. The van der Waals surface area contributed by atoms with Crippen molar-refractivity contribution < 1.29 is 0 Å². The number of alkyl halides is 1. The van der Waals surface area contributed by atoms with Gasteiger partial charge in [-0.3, -0.25) is 0 Å².